The van der Waals surface area contributed by atoms with Gasteiger partial charge in [-0.25, -0.2) is 0 Å². The van der Waals surface area contributed by atoms with E-state index in [1.54, 1.807) is 0 Å². The maximum atomic E-state index is 5.23. The Morgan fingerprint density at radius 3 is 1.40 bits per heavy atom. The summed E-state index contributed by atoms with van der Waals surface area (Å²) in [5.41, 5.74) is 10.5. The van der Waals surface area contributed by atoms with Gasteiger partial charge in [-0.3, -0.25) is 22.3 Å². The zero-order valence-corrected chi connectivity index (χ0v) is 6.14. The quantitative estimate of drug-likeness (QED) is 0.185. The van der Waals surface area contributed by atoms with Gasteiger partial charge in [0.2, 0.25) is 11.7 Å². The van der Waals surface area contributed by atoms with Crippen LogP contribution in [0.15, 0.2) is 0 Å². The van der Waals surface area contributed by atoms with Crippen LogP contribution in [0.3, 0.4) is 0 Å². The van der Waals surface area contributed by atoms with E-state index in [1.807, 2.05) is 0 Å². The Kier molecular flexibility index (Phi) is 4.28. The highest BCUT2D eigenvalue weighted by Gasteiger charge is 1.98. The third-order valence-electron chi connectivity index (χ3n) is 1.18. The lowest BCUT2D eigenvalue weighted by atomic mass is 10.2. The lowest BCUT2D eigenvalue weighted by Crippen LogP contribution is -2.46. The third-order valence-corrected chi connectivity index (χ3v) is 1.18. The molecular formula is C6H16N4+2. The standard InChI is InChI=1S/C6H14N4/c7-5(8)3-1-2-4-6(9)10/h1-4H2,(H3,7,8)(H3,9,10)/p+2. The van der Waals surface area contributed by atoms with E-state index in [0.29, 0.717) is 11.7 Å². The molecule has 0 aliphatic rings. The summed E-state index contributed by atoms with van der Waals surface area (Å²) >= 11 is 0. The van der Waals surface area contributed by atoms with E-state index in [2.05, 4.69) is 0 Å². The Morgan fingerprint density at radius 2 is 1.20 bits per heavy atom. The third kappa shape index (κ3) is 6.94. The predicted octanol–water partition coefficient (Wildman–Crippen LogP) is -3.22. The van der Waals surface area contributed by atoms with Gasteiger partial charge < -0.3 is 0 Å². The molecule has 4 nitrogen and oxygen atoms in total. The van der Waals surface area contributed by atoms with Crippen LogP contribution in [-0.4, -0.2) is 11.7 Å². The van der Waals surface area contributed by atoms with Gasteiger partial charge in [-0.1, -0.05) is 0 Å². The molecule has 0 aromatic carbocycles. The first kappa shape index (κ1) is 8.94. The van der Waals surface area contributed by atoms with E-state index < -0.39 is 0 Å². The summed E-state index contributed by atoms with van der Waals surface area (Å²) in [4.78, 5) is 0. The van der Waals surface area contributed by atoms with Gasteiger partial charge in [-0.05, 0) is 12.8 Å². The zero-order valence-electron chi connectivity index (χ0n) is 6.14. The van der Waals surface area contributed by atoms with Crippen LogP contribution in [-0.2, 0) is 0 Å². The van der Waals surface area contributed by atoms with Gasteiger partial charge in [0, 0.05) is 12.8 Å². The van der Waals surface area contributed by atoms with E-state index in [9.17, 15) is 0 Å². The van der Waals surface area contributed by atoms with Crippen molar-refractivity contribution >= 4 is 11.7 Å². The van der Waals surface area contributed by atoms with Crippen molar-refractivity contribution < 1.29 is 10.8 Å². The number of amidine groups is 2. The van der Waals surface area contributed by atoms with Crippen molar-refractivity contribution in [3.8, 4) is 0 Å². The summed E-state index contributed by atoms with van der Waals surface area (Å²) in [5.74, 6) is 0.964. The number of rotatable bonds is 5. The van der Waals surface area contributed by atoms with Gasteiger partial charge >= 0.3 is 0 Å². The highest BCUT2D eigenvalue weighted by Crippen LogP contribution is 1.95. The minimum absolute atomic E-state index is 0.482. The summed E-state index contributed by atoms with van der Waals surface area (Å²) in [6, 6.07) is 0. The van der Waals surface area contributed by atoms with Crippen LogP contribution in [0, 0.1) is 0 Å². The Bertz CT molecular complexity index is 114. The molecule has 58 valence electrons. The molecule has 10 heavy (non-hydrogen) atoms. The summed E-state index contributed by atoms with van der Waals surface area (Å²) in [5, 5.41) is 10.5. The first-order chi connectivity index (χ1) is 4.63. The molecule has 0 fully saturated rings. The minimum Gasteiger partial charge on any atom is -0.291 e. The van der Waals surface area contributed by atoms with Gasteiger partial charge in [0.05, 0.1) is 0 Å². The molecule has 0 atom stereocenters. The second-order valence-electron chi connectivity index (χ2n) is 2.36. The van der Waals surface area contributed by atoms with Crippen molar-refractivity contribution in [3.63, 3.8) is 0 Å². The Labute approximate surface area is 60.6 Å². The van der Waals surface area contributed by atoms with Crippen LogP contribution in [0.1, 0.15) is 25.7 Å². The summed E-state index contributed by atoms with van der Waals surface area (Å²) < 4.78 is 0. The normalized spacial score (nSPS) is 9.20. The topological polar surface area (TPSA) is 103 Å². The van der Waals surface area contributed by atoms with Gasteiger partial charge in [0.15, 0.2) is 0 Å². The predicted molar refractivity (Wildman–Crippen MR) is 40.7 cm³/mol. The summed E-state index contributed by atoms with van der Waals surface area (Å²) in [6.07, 6.45) is 3.43. The summed E-state index contributed by atoms with van der Waals surface area (Å²) in [6.45, 7) is 0. The molecular weight excluding hydrogens is 128 g/mol. The molecule has 0 bridgehead atoms. The van der Waals surface area contributed by atoms with Crippen LogP contribution < -0.4 is 22.3 Å². The molecule has 0 spiro atoms. The molecule has 4 heteroatoms. The lowest BCUT2D eigenvalue weighted by Gasteiger charge is -1.91. The van der Waals surface area contributed by atoms with Crippen molar-refractivity contribution in [1.29, 1.82) is 0 Å². The van der Waals surface area contributed by atoms with Gasteiger partial charge in [0.1, 0.15) is 0 Å². The summed E-state index contributed by atoms with van der Waals surface area (Å²) in [7, 11) is 0. The number of unbranched alkanes of at least 4 members (excludes halogenated alkanes) is 1. The Morgan fingerprint density at radius 1 is 0.900 bits per heavy atom. The fourth-order valence-corrected chi connectivity index (χ4v) is 0.658. The van der Waals surface area contributed by atoms with E-state index in [0.717, 1.165) is 25.7 Å². The number of hydrogen-bond donors (Lipinski definition) is 4. The molecule has 0 amide bonds. The maximum Gasteiger partial charge on any atom is 0.238 e. The van der Waals surface area contributed by atoms with Crippen molar-refractivity contribution in [3.05, 3.63) is 0 Å². The average molecular weight is 144 g/mol. The second-order valence-corrected chi connectivity index (χ2v) is 2.36. The SMILES string of the molecule is NC(=[NH2+])CCCCC(N)=[NH2+]. The Hall–Kier alpha value is -1.06. The van der Waals surface area contributed by atoms with E-state index in [4.69, 9.17) is 22.3 Å². The minimum atomic E-state index is 0.482. The molecule has 0 aliphatic heterocycles. The monoisotopic (exact) mass is 144 g/mol. The highest BCUT2D eigenvalue weighted by atomic mass is 14.7. The molecule has 0 rings (SSSR count). The van der Waals surface area contributed by atoms with Crippen LogP contribution in [0.2, 0.25) is 0 Å². The van der Waals surface area contributed by atoms with Crippen molar-refractivity contribution in [2.24, 2.45) is 11.5 Å². The largest absolute Gasteiger partial charge is 0.291 e. The molecule has 0 saturated heterocycles. The molecule has 0 aromatic heterocycles. The number of nitrogens with two attached hydrogens (primary N) is 4. The van der Waals surface area contributed by atoms with E-state index >= 15 is 0 Å². The van der Waals surface area contributed by atoms with Crippen LogP contribution in [0.5, 0.6) is 0 Å². The second kappa shape index (κ2) is 4.78. The first-order valence-corrected chi connectivity index (χ1v) is 3.36. The molecule has 0 unspecified atom stereocenters. The van der Waals surface area contributed by atoms with Gasteiger partial charge in [-0.15, -0.1) is 0 Å². The van der Waals surface area contributed by atoms with E-state index in [-0.39, 0.29) is 0 Å². The zero-order chi connectivity index (χ0) is 7.98. The molecule has 0 heterocycles. The first-order valence-electron chi connectivity index (χ1n) is 3.36. The molecule has 0 saturated carbocycles. The van der Waals surface area contributed by atoms with Crippen LogP contribution in [0.4, 0.5) is 0 Å². The van der Waals surface area contributed by atoms with Crippen molar-refractivity contribution in [2.75, 3.05) is 0 Å². The Balaban J connectivity index is 3.06. The fourth-order valence-electron chi connectivity index (χ4n) is 0.658. The van der Waals surface area contributed by atoms with Crippen LogP contribution in [0.25, 0.3) is 0 Å². The average Bonchev–Trinajstić information content (AvgIpc) is 1.79. The molecule has 0 aliphatic carbocycles. The molecule has 8 N–H and O–H groups in total. The molecule has 0 aromatic rings. The highest BCUT2D eigenvalue weighted by molar-refractivity contribution is 5.74. The van der Waals surface area contributed by atoms with Gasteiger partial charge in [0.25, 0.3) is 0 Å². The molecule has 0 radical (unpaired) electrons. The fraction of sp³-hybridized carbons (Fsp3) is 0.667. The van der Waals surface area contributed by atoms with Gasteiger partial charge in [-0.2, -0.15) is 0 Å². The smallest absolute Gasteiger partial charge is 0.238 e. The van der Waals surface area contributed by atoms with E-state index in [1.165, 1.54) is 0 Å². The van der Waals surface area contributed by atoms with Crippen molar-refractivity contribution in [2.45, 2.75) is 25.7 Å². The number of hydrogen-bond acceptors (Lipinski definition) is 0. The lowest BCUT2D eigenvalue weighted by molar-refractivity contribution is -0.119. The van der Waals surface area contributed by atoms with Crippen LogP contribution >= 0.6 is 0 Å². The maximum absolute atomic E-state index is 5.23. The van der Waals surface area contributed by atoms with Crippen molar-refractivity contribution in [1.82, 2.24) is 0 Å².